The van der Waals surface area contributed by atoms with Crippen LogP contribution in [0, 0.1) is 5.92 Å². The molecule has 0 aliphatic carbocycles. The van der Waals surface area contributed by atoms with Crippen LogP contribution in [0.4, 0.5) is 0 Å². The molecule has 0 aromatic carbocycles. The lowest BCUT2D eigenvalue weighted by molar-refractivity contribution is 0.202. The van der Waals surface area contributed by atoms with Crippen LogP contribution in [0.25, 0.3) is 0 Å². The Kier molecular flexibility index (Phi) is 7.09. The lowest BCUT2D eigenvalue weighted by Crippen LogP contribution is -2.38. The third-order valence-corrected chi connectivity index (χ3v) is 4.05. The molecule has 2 N–H and O–H groups in total. The number of likely N-dealkylation sites (N-methyl/N-ethyl adjacent to an activating group) is 1. The van der Waals surface area contributed by atoms with E-state index in [1.54, 1.807) is 0 Å². The minimum Gasteiger partial charge on any atom is -0.330 e. The minimum absolute atomic E-state index is 0.798. The molecule has 0 bridgehead atoms. The second-order valence-electron chi connectivity index (χ2n) is 5.46. The van der Waals surface area contributed by atoms with E-state index in [4.69, 9.17) is 5.73 Å². The standard InChI is InChI=1S/C14H31N3/c1-4-17(5-2)14-8-10-16(12-14)11-13(3)7-6-9-15/h13-14H,4-12,15H2,1-3H3. The smallest absolute Gasteiger partial charge is 0.0235 e. The summed E-state index contributed by atoms with van der Waals surface area (Å²) in [6.45, 7) is 14.0. The van der Waals surface area contributed by atoms with Gasteiger partial charge in [-0.1, -0.05) is 20.8 Å². The zero-order valence-electron chi connectivity index (χ0n) is 12.0. The van der Waals surface area contributed by atoms with Crippen LogP contribution in [0.3, 0.4) is 0 Å². The van der Waals surface area contributed by atoms with Gasteiger partial charge in [0.15, 0.2) is 0 Å². The van der Waals surface area contributed by atoms with Gasteiger partial charge in [-0.25, -0.2) is 0 Å². The fraction of sp³-hybridized carbons (Fsp3) is 1.00. The van der Waals surface area contributed by atoms with Gasteiger partial charge in [0, 0.05) is 19.1 Å². The van der Waals surface area contributed by atoms with Crippen LogP contribution in [0.15, 0.2) is 0 Å². The summed E-state index contributed by atoms with van der Waals surface area (Å²) in [4.78, 5) is 5.24. The Balaban J connectivity index is 2.25. The second-order valence-corrected chi connectivity index (χ2v) is 5.46. The number of hydrogen-bond donors (Lipinski definition) is 1. The third kappa shape index (κ3) is 4.94. The van der Waals surface area contributed by atoms with Gasteiger partial charge in [0.05, 0.1) is 0 Å². The van der Waals surface area contributed by atoms with Gasteiger partial charge in [0.1, 0.15) is 0 Å². The van der Waals surface area contributed by atoms with Gasteiger partial charge in [0.25, 0.3) is 0 Å². The zero-order chi connectivity index (χ0) is 12.7. The lowest BCUT2D eigenvalue weighted by atomic mass is 10.1. The minimum atomic E-state index is 0.798. The summed E-state index contributed by atoms with van der Waals surface area (Å²) in [7, 11) is 0. The molecule has 1 heterocycles. The van der Waals surface area contributed by atoms with Crippen molar-refractivity contribution in [3.63, 3.8) is 0 Å². The average Bonchev–Trinajstić information content (AvgIpc) is 2.76. The Bertz CT molecular complexity index is 192. The predicted octanol–water partition coefficient (Wildman–Crippen LogP) is 1.78. The van der Waals surface area contributed by atoms with Crippen molar-refractivity contribution in [1.29, 1.82) is 0 Å². The molecule has 102 valence electrons. The Morgan fingerprint density at radius 3 is 2.65 bits per heavy atom. The highest BCUT2D eigenvalue weighted by Crippen LogP contribution is 2.18. The van der Waals surface area contributed by atoms with Gasteiger partial charge < -0.3 is 10.6 Å². The van der Waals surface area contributed by atoms with Crippen molar-refractivity contribution in [2.75, 3.05) is 39.3 Å². The topological polar surface area (TPSA) is 32.5 Å². The number of rotatable bonds is 8. The van der Waals surface area contributed by atoms with Crippen molar-refractivity contribution in [3.8, 4) is 0 Å². The SMILES string of the molecule is CCN(CC)C1CCN(CC(C)CCCN)C1. The van der Waals surface area contributed by atoms with E-state index >= 15 is 0 Å². The summed E-state index contributed by atoms with van der Waals surface area (Å²) in [6, 6.07) is 0.798. The summed E-state index contributed by atoms with van der Waals surface area (Å²) >= 11 is 0. The fourth-order valence-electron chi connectivity index (χ4n) is 3.01. The predicted molar refractivity (Wildman–Crippen MR) is 75.2 cm³/mol. The van der Waals surface area contributed by atoms with E-state index in [9.17, 15) is 0 Å². The van der Waals surface area contributed by atoms with Crippen LogP contribution in [0.1, 0.15) is 40.0 Å². The summed E-state index contributed by atoms with van der Waals surface area (Å²) in [5.74, 6) is 0.800. The highest BCUT2D eigenvalue weighted by molar-refractivity contribution is 4.83. The Morgan fingerprint density at radius 1 is 1.35 bits per heavy atom. The van der Waals surface area contributed by atoms with Crippen molar-refractivity contribution < 1.29 is 0 Å². The van der Waals surface area contributed by atoms with Gasteiger partial charge in [-0.15, -0.1) is 0 Å². The third-order valence-electron chi connectivity index (χ3n) is 4.05. The van der Waals surface area contributed by atoms with Crippen molar-refractivity contribution in [3.05, 3.63) is 0 Å². The normalized spacial score (nSPS) is 23.5. The molecule has 3 heteroatoms. The van der Waals surface area contributed by atoms with E-state index in [1.807, 2.05) is 0 Å². The molecule has 2 unspecified atom stereocenters. The summed E-state index contributed by atoms with van der Waals surface area (Å²) < 4.78 is 0. The van der Waals surface area contributed by atoms with E-state index in [0.29, 0.717) is 0 Å². The number of nitrogens with two attached hydrogens (primary N) is 1. The molecule has 1 aliphatic rings. The number of likely N-dealkylation sites (tertiary alicyclic amines) is 1. The van der Waals surface area contributed by atoms with Crippen LogP contribution in [-0.4, -0.2) is 55.1 Å². The summed E-state index contributed by atoms with van der Waals surface area (Å²) in [5, 5.41) is 0. The number of hydrogen-bond acceptors (Lipinski definition) is 3. The van der Waals surface area contributed by atoms with E-state index in [-0.39, 0.29) is 0 Å². The van der Waals surface area contributed by atoms with Crippen LogP contribution < -0.4 is 5.73 Å². The fourth-order valence-corrected chi connectivity index (χ4v) is 3.01. The molecule has 0 aromatic rings. The molecule has 2 atom stereocenters. The Morgan fingerprint density at radius 2 is 2.06 bits per heavy atom. The first-order chi connectivity index (χ1) is 8.21. The van der Waals surface area contributed by atoms with E-state index in [2.05, 4.69) is 30.6 Å². The molecule has 17 heavy (non-hydrogen) atoms. The molecule has 1 aliphatic heterocycles. The maximum absolute atomic E-state index is 5.56. The highest BCUT2D eigenvalue weighted by atomic mass is 15.2. The molecule has 1 fully saturated rings. The molecule has 0 radical (unpaired) electrons. The lowest BCUT2D eigenvalue weighted by Gasteiger charge is -2.27. The Labute approximate surface area is 107 Å². The van der Waals surface area contributed by atoms with Gasteiger partial charge in [-0.05, 0) is 51.4 Å². The van der Waals surface area contributed by atoms with Gasteiger partial charge >= 0.3 is 0 Å². The maximum atomic E-state index is 5.56. The van der Waals surface area contributed by atoms with Gasteiger partial charge in [-0.2, -0.15) is 0 Å². The summed E-state index contributed by atoms with van der Waals surface area (Å²) in [5.41, 5.74) is 5.56. The molecule has 0 aromatic heterocycles. The van der Waals surface area contributed by atoms with Crippen LogP contribution in [-0.2, 0) is 0 Å². The first-order valence-electron chi connectivity index (χ1n) is 7.37. The molecular formula is C14H31N3. The Hall–Kier alpha value is -0.120. The highest BCUT2D eigenvalue weighted by Gasteiger charge is 2.26. The second kappa shape index (κ2) is 8.06. The molecule has 0 saturated carbocycles. The monoisotopic (exact) mass is 241 g/mol. The van der Waals surface area contributed by atoms with Crippen molar-refractivity contribution in [2.45, 2.75) is 46.1 Å². The van der Waals surface area contributed by atoms with Crippen LogP contribution in [0.2, 0.25) is 0 Å². The van der Waals surface area contributed by atoms with Crippen molar-refractivity contribution >= 4 is 0 Å². The molecule has 1 rings (SSSR count). The largest absolute Gasteiger partial charge is 0.330 e. The van der Waals surface area contributed by atoms with Crippen LogP contribution in [0.5, 0.6) is 0 Å². The maximum Gasteiger partial charge on any atom is 0.0235 e. The first-order valence-corrected chi connectivity index (χ1v) is 7.37. The number of nitrogens with zero attached hydrogens (tertiary/aromatic N) is 2. The molecule has 0 amide bonds. The first kappa shape index (κ1) is 14.9. The quantitative estimate of drug-likeness (QED) is 0.703. The van der Waals surface area contributed by atoms with Crippen LogP contribution >= 0.6 is 0 Å². The van der Waals surface area contributed by atoms with E-state index in [0.717, 1.165) is 18.5 Å². The molecular weight excluding hydrogens is 210 g/mol. The zero-order valence-corrected chi connectivity index (χ0v) is 12.0. The van der Waals surface area contributed by atoms with Gasteiger partial charge in [-0.3, -0.25) is 4.90 Å². The van der Waals surface area contributed by atoms with Crippen molar-refractivity contribution in [1.82, 2.24) is 9.80 Å². The average molecular weight is 241 g/mol. The van der Waals surface area contributed by atoms with E-state index < -0.39 is 0 Å². The summed E-state index contributed by atoms with van der Waals surface area (Å²) in [6.07, 6.45) is 3.81. The molecule has 3 nitrogen and oxygen atoms in total. The van der Waals surface area contributed by atoms with Crippen molar-refractivity contribution in [2.24, 2.45) is 11.7 Å². The van der Waals surface area contributed by atoms with E-state index in [1.165, 1.54) is 52.0 Å². The molecule has 1 saturated heterocycles. The van der Waals surface area contributed by atoms with Gasteiger partial charge in [0.2, 0.25) is 0 Å². The molecule has 0 spiro atoms.